The first-order valence-electron chi connectivity index (χ1n) is 5.53. The highest BCUT2D eigenvalue weighted by Crippen LogP contribution is 2.52. The van der Waals surface area contributed by atoms with E-state index in [2.05, 4.69) is 4.72 Å². The minimum absolute atomic E-state index is 0.00819. The largest absolute Gasteiger partial charge is 0.478 e. The summed E-state index contributed by atoms with van der Waals surface area (Å²) in [6, 6.07) is 2.37. The number of halogens is 3. The molecule has 2 rings (SSSR count). The summed E-state index contributed by atoms with van der Waals surface area (Å²) in [5.41, 5.74) is -0.444. The van der Waals surface area contributed by atoms with Crippen LogP contribution in [0.4, 0.5) is 4.39 Å². The number of benzene rings is 1. The minimum atomic E-state index is -4.01. The van der Waals surface area contributed by atoms with Gasteiger partial charge in [-0.25, -0.2) is 22.3 Å². The van der Waals surface area contributed by atoms with Crippen molar-refractivity contribution in [3.05, 3.63) is 29.6 Å². The molecule has 0 radical (unpaired) electrons. The first-order chi connectivity index (χ1) is 9.12. The molecule has 0 saturated heterocycles. The maximum absolute atomic E-state index is 13.3. The molecule has 1 aromatic rings. The Bertz CT molecular complexity index is 662. The summed E-state index contributed by atoms with van der Waals surface area (Å²) >= 11 is 11.5. The molecular formula is C11H10Cl2FNO4S. The van der Waals surface area contributed by atoms with Crippen LogP contribution in [0.3, 0.4) is 0 Å². The van der Waals surface area contributed by atoms with Gasteiger partial charge in [0.2, 0.25) is 10.0 Å². The van der Waals surface area contributed by atoms with E-state index in [1.807, 2.05) is 0 Å². The van der Waals surface area contributed by atoms with E-state index in [4.69, 9.17) is 28.3 Å². The normalized spacial score (nSPS) is 20.6. The van der Waals surface area contributed by atoms with Gasteiger partial charge in [-0.1, -0.05) is 0 Å². The fourth-order valence-corrected chi connectivity index (χ4v) is 3.29. The molecule has 20 heavy (non-hydrogen) atoms. The number of hydrogen-bond acceptors (Lipinski definition) is 3. The van der Waals surface area contributed by atoms with Crippen molar-refractivity contribution < 1.29 is 22.7 Å². The van der Waals surface area contributed by atoms with Crippen LogP contribution >= 0.6 is 23.2 Å². The second-order valence-electron chi connectivity index (χ2n) is 4.49. The molecule has 1 aliphatic rings. The van der Waals surface area contributed by atoms with Gasteiger partial charge in [-0.15, -0.1) is 23.2 Å². The van der Waals surface area contributed by atoms with Gasteiger partial charge in [0.1, 0.15) is 10.2 Å². The van der Waals surface area contributed by atoms with Crippen molar-refractivity contribution in [3.63, 3.8) is 0 Å². The zero-order valence-corrected chi connectivity index (χ0v) is 12.3. The predicted molar refractivity (Wildman–Crippen MR) is 71.1 cm³/mol. The number of carbonyl (C=O) groups is 1. The molecule has 0 spiro atoms. The zero-order chi connectivity index (χ0) is 15.1. The van der Waals surface area contributed by atoms with Crippen molar-refractivity contribution in [2.24, 2.45) is 5.92 Å². The summed E-state index contributed by atoms with van der Waals surface area (Å²) in [7, 11) is -4.01. The third kappa shape index (κ3) is 3.41. The Kier molecular flexibility index (Phi) is 3.98. The van der Waals surface area contributed by atoms with Crippen LogP contribution in [-0.2, 0) is 10.0 Å². The van der Waals surface area contributed by atoms with E-state index in [1.165, 1.54) is 0 Å². The lowest BCUT2D eigenvalue weighted by Crippen LogP contribution is -2.27. The quantitative estimate of drug-likeness (QED) is 0.802. The smallest absolute Gasteiger partial charge is 0.335 e. The lowest BCUT2D eigenvalue weighted by Gasteiger charge is -2.08. The summed E-state index contributed by atoms with van der Waals surface area (Å²) in [6.45, 7) is 0.00819. The Balaban J connectivity index is 2.19. The Hall–Kier alpha value is -0.890. The van der Waals surface area contributed by atoms with Crippen LogP contribution in [0.25, 0.3) is 0 Å². The molecule has 5 nitrogen and oxygen atoms in total. The van der Waals surface area contributed by atoms with Gasteiger partial charge < -0.3 is 5.11 Å². The maximum atomic E-state index is 13.3. The highest BCUT2D eigenvalue weighted by atomic mass is 35.5. The molecule has 2 N–H and O–H groups in total. The number of carboxylic acid groups (broad SMARTS) is 1. The summed E-state index contributed by atoms with van der Waals surface area (Å²) in [5.74, 6) is -2.57. The van der Waals surface area contributed by atoms with E-state index in [-0.39, 0.29) is 12.5 Å². The van der Waals surface area contributed by atoms with Gasteiger partial charge in [0.15, 0.2) is 0 Å². The van der Waals surface area contributed by atoms with Gasteiger partial charge in [0, 0.05) is 12.5 Å². The lowest BCUT2D eigenvalue weighted by molar-refractivity contribution is 0.0696. The van der Waals surface area contributed by atoms with Gasteiger partial charge in [0.25, 0.3) is 0 Å². The Morgan fingerprint density at radius 1 is 1.45 bits per heavy atom. The number of aromatic carboxylic acids is 1. The number of nitrogens with one attached hydrogen (secondary N) is 1. The van der Waals surface area contributed by atoms with Crippen molar-refractivity contribution in [2.45, 2.75) is 15.6 Å². The van der Waals surface area contributed by atoms with Gasteiger partial charge in [0.05, 0.1) is 10.5 Å². The van der Waals surface area contributed by atoms with E-state index in [1.54, 1.807) is 0 Å². The maximum Gasteiger partial charge on any atom is 0.335 e. The van der Waals surface area contributed by atoms with Crippen molar-refractivity contribution in [1.29, 1.82) is 0 Å². The molecule has 110 valence electrons. The molecular weight excluding hydrogens is 332 g/mol. The summed E-state index contributed by atoms with van der Waals surface area (Å²) in [5, 5.41) is 8.78. The van der Waals surface area contributed by atoms with E-state index in [0.717, 1.165) is 18.2 Å². The van der Waals surface area contributed by atoms with Crippen molar-refractivity contribution >= 4 is 39.2 Å². The molecule has 1 unspecified atom stereocenters. The second-order valence-corrected chi connectivity index (χ2v) is 7.80. The van der Waals surface area contributed by atoms with Crippen LogP contribution in [0.15, 0.2) is 23.1 Å². The number of carboxylic acids is 1. The molecule has 1 aromatic carbocycles. The topological polar surface area (TPSA) is 83.5 Å². The van der Waals surface area contributed by atoms with E-state index >= 15 is 0 Å². The van der Waals surface area contributed by atoms with E-state index in [0.29, 0.717) is 6.42 Å². The van der Waals surface area contributed by atoms with Crippen LogP contribution < -0.4 is 4.72 Å². The van der Waals surface area contributed by atoms with Crippen LogP contribution in [0, 0.1) is 11.7 Å². The molecule has 0 heterocycles. The SMILES string of the molecule is O=C(O)c1cc(F)cc(S(=O)(=O)NCC2CC2(Cl)Cl)c1. The van der Waals surface area contributed by atoms with Crippen LogP contribution in [0.2, 0.25) is 0 Å². The van der Waals surface area contributed by atoms with Gasteiger partial charge in [-0.2, -0.15) is 0 Å². The molecule has 1 aliphatic carbocycles. The number of hydrogen-bond donors (Lipinski definition) is 2. The minimum Gasteiger partial charge on any atom is -0.478 e. The Morgan fingerprint density at radius 2 is 2.05 bits per heavy atom. The highest BCUT2D eigenvalue weighted by molar-refractivity contribution is 7.89. The molecule has 1 atom stereocenters. The van der Waals surface area contributed by atoms with E-state index in [9.17, 15) is 17.6 Å². The monoisotopic (exact) mass is 341 g/mol. The second kappa shape index (κ2) is 5.14. The molecule has 9 heteroatoms. The summed E-state index contributed by atoms with van der Waals surface area (Å²) < 4.78 is 38.4. The van der Waals surface area contributed by atoms with Crippen molar-refractivity contribution in [3.8, 4) is 0 Å². The number of rotatable bonds is 5. The summed E-state index contributed by atoms with van der Waals surface area (Å²) in [4.78, 5) is 10.3. The van der Waals surface area contributed by atoms with Crippen molar-refractivity contribution in [2.75, 3.05) is 6.54 Å². The van der Waals surface area contributed by atoms with Crippen LogP contribution in [0.5, 0.6) is 0 Å². The predicted octanol–water partition coefficient (Wildman–Crippen LogP) is 2.00. The third-order valence-electron chi connectivity index (χ3n) is 2.90. The molecule has 0 aliphatic heterocycles. The van der Waals surface area contributed by atoms with Crippen LogP contribution in [-0.4, -0.2) is 30.4 Å². The average molecular weight is 342 g/mol. The molecule has 0 aromatic heterocycles. The molecule has 0 amide bonds. The molecule has 1 fully saturated rings. The first-order valence-corrected chi connectivity index (χ1v) is 7.77. The Labute approximate surface area is 124 Å². The number of sulfonamides is 1. The van der Waals surface area contributed by atoms with Gasteiger partial charge in [-0.05, 0) is 24.6 Å². The standard InChI is InChI=1S/C11H10Cl2FNO4S/c12-11(13)4-7(11)5-15-20(18,19)9-2-6(10(16)17)1-8(14)3-9/h1-3,7,15H,4-5H2,(H,16,17). The van der Waals surface area contributed by atoms with Crippen molar-refractivity contribution in [1.82, 2.24) is 4.72 Å². The third-order valence-corrected chi connectivity index (χ3v) is 5.23. The zero-order valence-electron chi connectivity index (χ0n) is 9.94. The van der Waals surface area contributed by atoms with Gasteiger partial charge in [-0.3, -0.25) is 0 Å². The highest BCUT2D eigenvalue weighted by Gasteiger charge is 2.51. The fraction of sp³-hybridized carbons (Fsp3) is 0.364. The Morgan fingerprint density at radius 3 is 2.55 bits per heavy atom. The number of alkyl halides is 2. The first kappa shape index (κ1) is 15.5. The molecule has 0 bridgehead atoms. The molecule has 1 saturated carbocycles. The van der Waals surface area contributed by atoms with Crippen LogP contribution in [0.1, 0.15) is 16.8 Å². The summed E-state index contributed by atoms with van der Waals surface area (Å²) in [6.07, 6.45) is 0.460. The van der Waals surface area contributed by atoms with E-state index < -0.39 is 36.6 Å². The fourth-order valence-electron chi connectivity index (χ4n) is 1.63. The average Bonchev–Trinajstić information content (AvgIpc) is 2.94. The van der Waals surface area contributed by atoms with Gasteiger partial charge >= 0.3 is 5.97 Å². The lowest BCUT2D eigenvalue weighted by atomic mass is 10.2.